The Hall–Kier alpha value is -1.12. The quantitative estimate of drug-likeness (QED) is 0.694. The summed E-state index contributed by atoms with van der Waals surface area (Å²) in [5.74, 6) is 0.270. The monoisotopic (exact) mass is 334 g/mol. The normalized spacial score (nSPS) is 14.6. The lowest BCUT2D eigenvalue weighted by molar-refractivity contribution is 0.331. The van der Waals surface area contributed by atoms with Crippen LogP contribution in [-0.4, -0.2) is 37.3 Å². The second-order valence-corrected chi connectivity index (χ2v) is 8.17. The minimum atomic E-state index is -3.71. The fourth-order valence-electron chi connectivity index (χ4n) is 1.65. The van der Waals surface area contributed by atoms with E-state index < -0.39 is 20.8 Å². The van der Waals surface area contributed by atoms with Crippen molar-refractivity contribution in [3.05, 3.63) is 18.2 Å². The lowest BCUT2D eigenvalue weighted by Crippen LogP contribution is -2.28. The third-order valence-electron chi connectivity index (χ3n) is 2.97. The molecule has 2 unspecified atom stereocenters. The summed E-state index contributed by atoms with van der Waals surface area (Å²) in [6.07, 6.45) is 2.10. The van der Waals surface area contributed by atoms with Gasteiger partial charge >= 0.3 is 0 Å². The van der Waals surface area contributed by atoms with Gasteiger partial charge in [0.1, 0.15) is 10.6 Å². The number of sulfonamides is 1. The molecule has 0 fully saturated rings. The van der Waals surface area contributed by atoms with Crippen LogP contribution in [0.15, 0.2) is 23.1 Å². The van der Waals surface area contributed by atoms with Crippen molar-refractivity contribution < 1.29 is 17.4 Å². The highest BCUT2D eigenvalue weighted by molar-refractivity contribution is 7.89. The van der Waals surface area contributed by atoms with Gasteiger partial charge in [-0.2, -0.15) is 0 Å². The van der Waals surface area contributed by atoms with Gasteiger partial charge in [0.05, 0.1) is 6.61 Å². The Kier molecular flexibility index (Phi) is 6.63. The maximum Gasteiger partial charge on any atom is 0.244 e. The highest BCUT2D eigenvalue weighted by Gasteiger charge is 2.20. The fourth-order valence-corrected chi connectivity index (χ4v) is 3.32. The van der Waals surface area contributed by atoms with E-state index in [4.69, 9.17) is 10.5 Å². The average molecular weight is 334 g/mol. The van der Waals surface area contributed by atoms with Crippen molar-refractivity contribution in [1.82, 2.24) is 4.72 Å². The van der Waals surface area contributed by atoms with Gasteiger partial charge in [-0.1, -0.05) is 6.92 Å². The first-order chi connectivity index (χ1) is 9.77. The molecule has 1 rings (SSSR count). The molecule has 8 heteroatoms. The van der Waals surface area contributed by atoms with Gasteiger partial charge in [-0.05, 0) is 31.5 Å². The SMILES string of the molecule is CCOc1ccc(N)cc1S(=O)(=O)NCCC(C)S(C)=O. The second kappa shape index (κ2) is 7.77. The van der Waals surface area contributed by atoms with Crippen LogP contribution in [0.25, 0.3) is 0 Å². The molecule has 1 aromatic rings. The first kappa shape index (κ1) is 17.9. The number of rotatable bonds is 8. The van der Waals surface area contributed by atoms with Crippen LogP contribution < -0.4 is 15.2 Å². The predicted molar refractivity (Wildman–Crippen MR) is 85.4 cm³/mol. The van der Waals surface area contributed by atoms with Gasteiger partial charge in [-0.15, -0.1) is 0 Å². The van der Waals surface area contributed by atoms with Gasteiger partial charge in [-0.3, -0.25) is 4.21 Å². The van der Waals surface area contributed by atoms with Crippen LogP contribution in [-0.2, 0) is 20.8 Å². The predicted octanol–water partition coefficient (Wildman–Crippen LogP) is 1.10. The minimum absolute atomic E-state index is 0.0228. The maximum absolute atomic E-state index is 12.3. The largest absolute Gasteiger partial charge is 0.492 e. The fraction of sp³-hybridized carbons (Fsp3) is 0.538. The summed E-state index contributed by atoms with van der Waals surface area (Å²) in [5.41, 5.74) is 6.00. The molecular weight excluding hydrogens is 312 g/mol. The number of nitrogen functional groups attached to an aromatic ring is 1. The third-order valence-corrected chi connectivity index (χ3v) is 5.82. The molecule has 0 aliphatic rings. The molecule has 0 saturated carbocycles. The molecule has 0 amide bonds. The molecule has 0 aliphatic carbocycles. The molecule has 2 atom stereocenters. The Morgan fingerprint density at radius 1 is 1.43 bits per heavy atom. The highest BCUT2D eigenvalue weighted by atomic mass is 32.2. The first-order valence-corrected chi connectivity index (χ1v) is 9.72. The molecule has 21 heavy (non-hydrogen) atoms. The lowest BCUT2D eigenvalue weighted by atomic mass is 10.3. The zero-order chi connectivity index (χ0) is 16.0. The summed E-state index contributed by atoms with van der Waals surface area (Å²) < 4.78 is 43.7. The van der Waals surface area contributed by atoms with Crippen LogP contribution in [0.3, 0.4) is 0 Å². The van der Waals surface area contributed by atoms with Crippen molar-refractivity contribution >= 4 is 26.5 Å². The molecule has 0 bridgehead atoms. The number of hydrogen-bond donors (Lipinski definition) is 2. The molecule has 0 radical (unpaired) electrons. The van der Waals surface area contributed by atoms with E-state index in [2.05, 4.69) is 4.72 Å². The van der Waals surface area contributed by atoms with Gasteiger partial charge < -0.3 is 10.5 Å². The molecule has 6 nitrogen and oxygen atoms in total. The van der Waals surface area contributed by atoms with Crippen molar-refractivity contribution in [2.75, 3.05) is 25.1 Å². The molecule has 0 heterocycles. The van der Waals surface area contributed by atoms with Crippen LogP contribution in [0.1, 0.15) is 20.3 Å². The van der Waals surface area contributed by atoms with Crippen LogP contribution in [0.2, 0.25) is 0 Å². The number of anilines is 1. The van der Waals surface area contributed by atoms with Crippen molar-refractivity contribution in [3.8, 4) is 5.75 Å². The van der Waals surface area contributed by atoms with E-state index in [1.54, 1.807) is 19.2 Å². The minimum Gasteiger partial charge on any atom is -0.492 e. The summed E-state index contributed by atoms with van der Waals surface area (Å²) in [4.78, 5) is 0.0228. The van der Waals surface area contributed by atoms with E-state index in [0.717, 1.165) is 0 Å². The first-order valence-electron chi connectivity index (χ1n) is 6.62. The Labute approximate surface area is 128 Å². The molecule has 120 valence electrons. The van der Waals surface area contributed by atoms with Crippen LogP contribution in [0, 0.1) is 0 Å². The van der Waals surface area contributed by atoms with Crippen molar-refractivity contribution in [2.24, 2.45) is 0 Å². The van der Waals surface area contributed by atoms with E-state index in [-0.39, 0.29) is 22.4 Å². The number of nitrogens with two attached hydrogens (primary N) is 1. The molecule has 1 aromatic carbocycles. The Morgan fingerprint density at radius 3 is 2.67 bits per heavy atom. The maximum atomic E-state index is 12.3. The van der Waals surface area contributed by atoms with Crippen molar-refractivity contribution in [2.45, 2.75) is 30.4 Å². The number of ether oxygens (including phenoxy) is 1. The summed E-state index contributed by atoms with van der Waals surface area (Å²) in [6, 6.07) is 4.50. The lowest BCUT2D eigenvalue weighted by Gasteiger charge is -2.13. The smallest absolute Gasteiger partial charge is 0.244 e. The average Bonchev–Trinajstić information content (AvgIpc) is 2.40. The molecular formula is C13H22N2O4S2. The molecule has 0 spiro atoms. The van der Waals surface area contributed by atoms with Crippen molar-refractivity contribution in [3.63, 3.8) is 0 Å². The second-order valence-electron chi connectivity index (χ2n) is 4.63. The van der Waals surface area contributed by atoms with Crippen LogP contribution in [0.5, 0.6) is 5.75 Å². The third kappa shape index (κ3) is 5.29. The Bertz CT molecular complexity index is 602. The van der Waals surface area contributed by atoms with E-state index >= 15 is 0 Å². The van der Waals surface area contributed by atoms with Gasteiger partial charge in [0.25, 0.3) is 0 Å². The summed E-state index contributed by atoms with van der Waals surface area (Å²) in [6.45, 7) is 4.16. The number of nitrogens with one attached hydrogen (secondary N) is 1. The molecule has 0 aliphatic heterocycles. The Balaban J connectivity index is 2.87. The Morgan fingerprint density at radius 2 is 2.10 bits per heavy atom. The van der Waals surface area contributed by atoms with Gasteiger partial charge in [-0.25, -0.2) is 13.1 Å². The van der Waals surface area contributed by atoms with E-state index in [1.807, 2.05) is 6.92 Å². The van der Waals surface area contributed by atoms with Crippen molar-refractivity contribution in [1.29, 1.82) is 0 Å². The number of hydrogen-bond acceptors (Lipinski definition) is 5. The number of benzene rings is 1. The van der Waals surface area contributed by atoms with E-state index in [1.165, 1.54) is 12.1 Å². The van der Waals surface area contributed by atoms with Gasteiger partial charge in [0, 0.05) is 34.5 Å². The molecule has 0 saturated heterocycles. The molecule has 0 aromatic heterocycles. The van der Waals surface area contributed by atoms with Crippen LogP contribution in [0.4, 0.5) is 5.69 Å². The zero-order valence-electron chi connectivity index (χ0n) is 12.5. The summed E-state index contributed by atoms with van der Waals surface area (Å²) >= 11 is 0. The van der Waals surface area contributed by atoms with E-state index in [0.29, 0.717) is 18.7 Å². The summed E-state index contributed by atoms with van der Waals surface area (Å²) in [7, 11) is -4.68. The highest BCUT2D eigenvalue weighted by Crippen LogP contribution is 2.26. The molecule has 3 N–H and O–H groups in total. The zero-order valence-corrected chi connectivity index (χ0v) is 14.1. The summed E-state index contributed by atoms with van der Waals surface area (Å²) in [5, 5.41) is -0.0695. The topological polar surface area (TPSA) is 98.5 Å². The van der Waals surface area contributed by atoms with Gasteiger partial charge in [0.2, 0.25) is 10.0 Å². The van der Waals surface area contributed by atoms with Crippen LogP contribution >= 0.6 is 0 Å². The van der Waals surface area contributed by atoms with Gasteiger partial charge in [0.15, 0.2) is 0 Å². The van der Waals surface area contributed by atoms with E-state index in [9.17, 15) is 12.6 Å². The standard InChI is InChI=1S/C13H22N2O4S2/c1-4-19-12-6-5-11(14)9-13(12)21(17,18)15-8-7-10(2)20(3)16/h5-6,9-10,15H,4,7-8,14H2,1-3H3.